The van der Waals surface area contributed by atoms with Crippen molar-refractivity contribution < 1.29 is 35.8 Å². The SMILES string of the molecule is CCCCOc1ccc(-c2ccc(C3CCC(c4ccc(OCCCC)c(F)c4F)CC3)c(F)c2F)c(F)c1F. The van der Waals surface area contributed by atoms with Gasteiger partial charge in [0.05, 0.1) is 13.2 Å². The van der Waals surface area contributed by atoms with E-state index in [0.717, 1.165) is 19.3 Å². The predicted molar refractivity (Wildman–Crippen MR) is 143 cm³/mol. The molecular formula is C32H34F6O2. The molecule has 0 aliphatic heterocycles. The summed E-state index contributed by atoms with van der Waals surface area (Å²) in [5.74, 6) is -7.89. The fourth-order valence-corrected chi connectivity index (χ4v) is 5.28. The molecule has 0 bridgehead atoms. The molecule has 40 heavy (non-hydrogen) atoms. The number of hydrogen-bond acceptors (Lipinski definition) is 2. The van der Waals surface area contributed by atoms with Gasteiger partial charge >= 0.3 is 0 Å². The first-order valence-electron chi connectivity index (χ1n) is 14.0. The standard InChI is InChI=1S/C32H34F6O2/c1-3-5-17-39-25-15-13-22(28(34)31(25)37)20-9-7-19(8-10-20)21-11-12-23(29(35)27(21)33)24-14-16-26(32(38)30(24)36)40-18-6-4-2/h11-16,19-20H,3-10,17-18H2,1-2H3. The third kappa shape index (κ3) is 6.26. The van der Waals surface area contributed by atoms with Crippen LogP contribution in [0.2, 0.25) is 0 Å². The molecule has 0 amide bonds. The molecule has 216 valence electrons. The minimum Gasteiger partial charge on any atom is -0.490 e. The van der Waals surface area contributed by atoms with E-state index in [2.05, 4.69) is 0 Å². The molecule has 0 radical (unpaired) electrons. The van der Waals surface area contributed by atoms with Crippen LogP contribution < -0.4 is 9.47 Å². The molecular weight excluding hydrogens is 530 g/mol. The molecule has 2 nitrogen and oxygen atoms in total. The second-order valence-corrected chi connectivity index (χ2v) is 10.3. The van der Waals surface area contributed by atoms with E-state index in [-0.39, 0.29) is 46.6 Å². The van der Waals surface area contributed by atoms with Gasteiger partial charge in [-0.1, -0.05) is 44.9 Å². The van der Waals surface area contributed by atoms with E-state index in [0.29, 0.717) is 38.7 Å². The number of halogens is 6. The number of benzene rings is 3. The van der Waals surface area contributed by atoms with Gasteiger partial charge in [0, 0.05) is 11.1 Å². The van der Waals surface area contributed by atoms with Crippen molar-refractivity contribution in [3.05, 3.63) is 82.4 Å². The maximum absolute atomic E-state index is 15.2. The first-order valence-corrected chi connectivity index (χ1v) is 14.0. The van der Waals surface area contributed by atoms with Crippen molar-refractivity contribution in [2.75, 3.05) is 13.2 Å². The van der Waals surface area contributed by atoms with Crippen LogP contribution in [-0.4, -0.2) is 13.2 Å². The summed E-state index contributed by atoms with van der Waals surface area (Å²) in [5, 5.41) is 0. The highest BCUT2D eigenvalue weighted by Crippen LogP contribution is 2.44. The van der Waals surface area contributed by atoms with Gasteiger partial charge in [0.1, 0.15) is 0 Å². The van der Waals surface area contributed by atoms with E-state index in [1.807, 2.05) is 13.8 Å². The highest BCUT2D eigenvalue weighted by molar-refractivity contribution is 5.67. The average molecular weight is 565 g/mol. The van der Waals surface area contributed by atoms with Crippen molar-refractivity contribution in [2.45, 2.75) is 77.0 Å². The van der Waals surface area contributed by atoms with Crippen molar-refractivity contribution in [3.8, 4) is 22.6 Å². The molecule has 1 aliphatic carbocycles. The second kappa shape index (κ2) is 13.5. The van der Waals surface area contributed by atoms with E-state index in [1.165, 1.54) is 36.4 Å². The molecule has 1 fully saturated rings. The fraction of sp³-hybridized carbons (Fsp3) is 0.438. The Morgan fingerprint density at radius 3 is 1.40 bits per heavy atom. The summed E-state index contributed by atoms with van der Waals surface area (Å²) < 4.78 is 99.7. The summed E-state index contributed by atoms with van der Waals surface area (Å²) in [6.07, 6.45) is 4.87. The summed E-state index contributed by atoms with van der Waals surface area (Å²) in [7, 11) is 0. The molecule has 0 saturated heterocycles. The van der Waals surface area contributed by atoms with Crippen LogP contribution in [0.4, 0.5) is 26.3 Å². The second-order valence-electron chi connectivity index (χ2n) is 10.3. The number of hydrogen-bond donors (Lipinski definition) is 0. The average Bonchev–Trinajstić information content (AvgIpc) is 2.96. The molecule has 0 aromatic heterocycles. The maximum atomic E-state index is 15.2. The lowest BCUT2D eigenvalue weighted by Gasteiger charge is -2.30. The first-order chi connectivity index (χ1) is 19.3. The van der Waals surface area contributed by atoms with Crippen molar-refractivity contribution in [1.82, 2.24) is 0 Å². The van der Waals surface area contributed by atoms with E-state index in [9.17, 15) is 17.6 Å². The zero-order valence-electron chi connectivity index (χ0n) is 22.8. The van der Waals surface area contributed by atoms with E-state index >= 15 is 8.78 Å². The third-order valence-electron chi connectivity index (χ3n) is 7.64. The fourth-order valence-electron chi connectivity index (χ4n) is 5.28. The van der Waals surface area contributed by atoms with Crippen molar-refractivity contribution >= 4 is 0 Å². The lowest BCUT2D eigenvalue weighted by Crippen LogP contribution is -2.15. The zero-order chi connectivity index (χ0) is 28.8. The monoisotopic (exact) mass is 564 g/mol. The summed E-state index contributed by atoms with van der Waals surface area (Å²) in [6, 6.07) is 8.01. The topological polar surface area (TPSA) is 18.5 Å². The van der Waals surface area contributed by atoms with Crippen LogP contribution in [0.1, 0.15) is 88.2 Å². The van der Waals surface area contributed by atoms with Gasteiger partial charge in [-0.05, 0) is 79.7 Å². The van der Waals surface area contributed by atoms with Crippen LogP contribution in [0.3, 0.4) is 0 Å². The minimum absolute atomic E-state index is 0.115. The van der Waals surface area contributed by atoms with Gasteiger partial charge in [0.15, 0.2) is 34.8 Å². The van der Waals surface area contributed by atoms with E-state index < -0.39 is 40.5 Å². The largest absolute Gasteiger partial charge is 0.490 e. The van der Waals surface area contributed by atoms with Gasteiger partial charge in [0.25, 0.3) is 0 Å². The van der Waals surface area contributed by atoms with Crippen molar-refractivity contribution in [2.24, 2.45) is 0 Å². The molecule has 3 aromatic rings. The highest BCUT2D eigenvalue weighted by atomic mass is 19.2. The van der Waals surface area contributed by atoms with Crippen LogP contribution in [0.15, 0.2) is 36.4 Å². The normalized spacial score (nSPS) is 17.2. The van der Waals surface area contributed by atoms with E-state index in [1.54, 1.807) is 0 Å². The minimum atomic E-state index is -1.31. The van der Waals surface area contributed by atoms with Gasteiger partial charge < -0.3 is 9.47 Å². The van der Waals surface area contributed by atoms with Crippen molar-refractivity contribution in [3.63, 3.8) is 0 Å². The Kier molecular flexibility index (Phi) is 10.0. The van der Waals surface area contributed by atoms with Crippen LogP contribution in [0.5, 0.6) is 11.5 Å². The Morgan fingerprint density at radius 1 is 0.525 bits per heavy atom. The smallest absolute Gasteiger partial charge is 0.201 e. The number of rotatable bonds is 11. The van der Waals surface area contributed by atoms with Crippen LogP contribution in [-0.2, 0) is 0 Å². The molecule has 4 rings (SSSR count). The molecule has 1 saturated carbocycles. The Bertz CT molecular complexity index is 1320. The molecule has 0 heterocycles. The van der Waals surface area contributed by atoms with Crippen LogP contribution in [0, 0.1) is 34.9 Å². The predicted octanol–water partition coefficient (Wildman–Crippen LogP) is 9.99. The molecule has 3 aromatic carbocycles. The van der Waals surface area contributed by atoms with E-state index in [4.69, 9.17) is 9.47 Å². The highest BCUT2D eigenvalue weighted by Gasteiger charge is 2.30. The third-order valence-corrected chi connectivity index (χ3v) is 7.64. The lowest BCUT2D eigenvalue weighted by molar-refractivity contribution is 0.286. The molecule has 1 aliphatic rings. The summed E-state index contributed by atoms with van der Waals surface area (Å²) in [5.41, 5.74) is -0.399. The molecule has 0 N–H and O–H groups in total. The summed E-state index contributed by atoms with van der Waals surface area (Å²) in [4.78, 5) is 0. The first kappa shape index (κ1) is 29.8. The van der Waals surface area contributed by atoms with Crippen LogP contribution in [0.25, 0.3) is 11.1 Å². The maximum Gasteiger partial charge on any atom is 0.201 e. The molecule has 8 heteroatoms. The Balaban J connectivity index is 1.47. The molecule has 0 atom stereocenters. The zero-order valence-corrected chi connectivity index (χ0v) is 22.8. The number of unbranched alkanes of at least 4 members (excludes halogenated alkanes) is 2. The Labute approximate surface area is 231 Å². The lowest BCUT2D eigenvalue weighted by atomic mass is 9.75. The molecule has 0 unspecified atom stereocenters. The van der Waals surface area contributed by atoms with Gasteiger partial charge in [-0.15, -0.1) is 0 Å². The summed E-state index contributed by atoms with van der Waals surface area (Å²) in [6.45, 7) is 4.42. The molecule has 0 spiro atoms. The van der Waals surface area contributed by atoms with Gasteiger partial charge in [-0.3, -0.25) is 0 Å². The summed E-state index contributed by atoms with van der Waals surface area (Å²) >= 11 is 0. The Morgan fingerprint density at radius 2 is 0.900 bits per heavy atom. The van der Waals surface area contributed by atoms with Gasteiger partial charge in [0.2, 0.25) is 11.6 Å². The van der Waals surface area contributed by atoms with Crippen LogP contribution >= 0.6 is 0 Å². The van der Waals surface area contributed by atoms with Gasteiger partial charge in [-0.25, -0.2) is 17.6 Å². The Hall–Kier alpha value is -3.16. The van der Waals surface area contributed by atoms with Gasteiger partial charge in [-0.2, -0.15) is 8.78 Å². The number of ether oxygens (including phenoxy) is 2. The van der Waals surface area contributed by atoms with Crippen molar-refractivity contribution in [1.29, 1.82) is 0 Å². The quantitative estimate of drug-likeness (QED) is 0.170.